The van der Waals surface area contributed by atoms with E-state index in [2.05, 4.69) is 23.6 Å². The first-order valence-corrected chi connectivity index (χ1v) is 5.81. The molecule has 0 N–H and O–H groups in total. The summed E-state index contributed by atoms with van der Waals surface area (Å²) < 4.78 is 0. The van der Waals surface area contributed by atoms with E-state index >= 15 is 0 Å². The van der Waals surface area contributed by atoms with Crippen molar-refractivity contribution < 1.29 is 0 Å². The molecule has 0 aromatic carbocycles. The zero-order valence-electron chi connectivity index (χ0n) is 9.00. The Morgan fingerprint density at radius 3 is 2.62 bits per heavy atom. The van der Waals surface area contributed by atoms with Crippen LogP contribution in [0, 0.1) is 5.92 Å². The van der Waals surface area contributed by atoms with E-state index in [4.69, 9.17) is 0 Å². The molecule has 13 heavy (non-hydrogen) atoms. The molecule has 2 heteroatoms. The summed E-state index contributed by atoms with van der Waals surface area (Å²) in [5.41, 5.74) is 0. The molecule has 0 amide bonds. The number of hydrogen-bond donors (Lipinski definition) is 0. The van der Waals surface area contributed by atoms with Crippen molar-refractivity contribution in [3.63, 3.8) is 0 Å². The summed E-state index contributed by atoms with van der Waals surface area (Å²) in [5, 5.41) is 0. The molecule has 0 aromatic rings. The predicted molar refractivity (Wildman–Crippen MR) is 55.9 cm³/mol. The maximum absolute atomic E-state index is 2.68. The van der Waals surface area contributed by atoms with E-state index in [-0.39, 0.29) is 0 Å². The lowest BCUT2D eigenvalue weighted by atomic mass is 9.93. The Bertz CT molecular complexity index is 169. The zero-order valence-corrected chi connectivity index (χ0v) is 9.00. The van der Waals surface area contributed by atoms with Crippen LogP contribution >= 0.6 is 0 Å². The van der Waals surface area contributed by atoms with Gasteiger partial charge in [-0.2, -0.15) is 0 Å². The van der Waals surface area contributed by atoms with Gasteiger partial charge in [0.15, 0.2) is 0 Å². The zero-order chi connectivity index (χ0) is 9.26. The largest absolute Gasteiger partial charge is 0.303 e. The van der Waals surface area contributed by atoms with E-state index in [1.165, 1.54) is 45.6 Å². The Hall–Kier alpha value is -0.0800. The van der Waals surface area contributed by atoms with E-state index < -0.39 is 0 Å². The molecule has 2 fully saturated rings. The van der Waals surface area contributed by atoms with Gasteiger partial charge in [0.05, 0.1) is 0 Å². The number of likely N-dealkylation sites (tertiary alicyclic amines) is 2. The van der Waals surface area contributed by atoms with Crippen molar-refractivity contribution in [1.29, 1.82) is 0 Å². The minimum absolute atomic E-state index is 0.924. The quantitative estimate of drug-likeness (QED) is 0.637. The van der Waals surface area contributed by atoms with Gasteiger partial charge in [-0.05, 0) is 44.9 Å². The van der Waals surface area contributed by atoms with Crippen LogP contribution in [0.1, 0.15) is 26.7 Å². The Labute approximate surface area is 81.9 Å². The van der Waals surface area contributed by atoms with Crippen LogP contribution in [0.4, 0.5) is 0 Å². The van der Waals surface area contributed by atoms with E-state index in [1.54, 1.807) is 0 Å². The number of rotatable bonds is 2. The molecule has 2 aliphatic rings. The van der Waals surface area contributed by atoms with Gasteiger partial charge in [0.2, 0.25) is 0 Å². The predicted octanol–water partition coefficient (Wildman–Crippen LogP) is 1.42. The fraction of sp³-hybridized carbons (Fsp3) is 1.00. The van der Waals surface area contributed by atoms with Gasteiger partial charge in [-0.3, -0.25) is 0 Å². The van der Waals surface area contributed by atoms with Crippen molar-refractivity contribution in [2.75, 3.05) is 32.7 Å². The highest BCUT2D eigenvalue weighted by molar-refractivity contribution is 4.91. The Morgan fingerprint density at radius 2 is 1.92 bits per heavy atom. The third-order valence-electron chi connectivity index (χ3n) is 3.89. The van der Waals surface area contributed by atoms with Crippen LogP contribution in [-0.4, -0.2) is 48.6 Å². The molecule has 0 aromatic heterocycles. The fourth-order valence-corrected chi connectivity index (χ4v) is 3.04. The van der Waals surface area contributed by atoms with Crippen molar-refractivity contribution in [1.82, 2.24) is 9.80 Å². The number of nitrogens with zero attached hydrogens (tertiary/aromatic N) is 2. The van der Waals surface area contributed by atoms with Crippen LogP contribution in [0.25, 0.3) is 0 Å². The molecule has 0 bridgehead atoms. The Kier molecular flexibility index (Phi) is 2.89. The van der Waals surface area contributed by atoms with Crippen LogP contribution in [-0.2, 0) is 0 Å². The topological polar surface area (TPSA) is 6.48 Å². The third kappa shape index (κ3) is 1.75. The minimum atomic E-state index is 0.924. The lowest BCUT2D eigenvalue weighted by Crippen LogP contribution is -2.45. The van der Waals surface area contributed by atoms with Gasteiger partial charge in [-0.25, -0.2) is 0 Å². The van der Waals surface area contributed by atoms with Crippen LogP contribution < -0.4 is 0 Å². The minimum Gasteiger partial charge on any atom is -0.303 e. The summed E-state index contributed by atoms with van der Waals surface area (Å²) in [7, 11) is 0. The Morgan fingerprint density at radius 1 is 1.08 bits per heavy atom. The summed E-state index contributed by atoms with van der Waals surface area (Å²) in [6.45, 7) is 11.1. The van der Waals surface area contributed by atoms with E-state index in [0.29, 0.717) is 0 Å². The number of fused-ring (bicyclic) bond motifs is 1. The van der Waals surface area contributed by atoms with Gasteiger partial charge >= 0.3 is 0 Å². The second-order valence-corrected chi connectivity index (χ2v) is 4.43. The molecule has 76 valence electrons. The number of hydrogen-bond acceptors (Lipinski definition) is 2. The fourth-order valence-electron chi connectivity index (χ4n) is 3.04. The lowest BCUT2D eigenvalue weighted by Gasteiger charge is -2.37. The van der Waals surface area contributed by atoms with Crippen molar-refractivity contribution in [3.8, 4) is 0 Å². The van der Waals surface area contributed by atoms with Crippen LogP contribution in [0.15, 0.2) is 0 Å². The van der Waals surface area contributed by atoms with Crippen molar-refractivity contribution in [2.24, 2.45) is 5.92 Å². The van der Waals surface area contributed by atoms with Gasteiger partial charge in [0, 0.05) is 12.6 Å². The average Bonchev–Trinajstić information content (AvgIpc) is 2.59. The molecule has 0 spiro atoms. The molecule has 2 nitrogen and oxygen atoms in total. The first-order chi connectivity index (χ1) is 6.35. The molecule has 2 aliphatic heterocycles. The molecule has 2 unspecified atom stereocenters. The molecule has 0 radical (unpaired) electrons. The second kappa shape index (κ2) is 3.97. The average molecular weight is 182 g/mol. The normalized spacial score (nSPS) is 36.5. The summed E-state index contributed by atoms with van der Waals surface area (Å²) in [6, 6.07) is 0.924. The van der Waals surface area contributed by atoms with Gasteiger partial charge in [0.25, 0.3) is 0 Å². The maximum atomic E-state index is 2.68. The van der Waals surface area contributed by atoms with Gasteiger partial charge in [0.1, 0.15) is 0 Å². The first-order valence-electron chi connectivity index (χ1n) is 5.81. The summed E-state index contributed by atoms with van der Waals surface area (Å²) in [6.07, 6.45) is 2.85. The van der Waals surface area contributed by atoms with E-state index in [9.17, 15) is 0 Å². The lowest BCUT2D eigenvalue weighted by molar-refractivity contribution is 0.118. The number of piperidine rings is 1. The molecule has 2 atom stereocenters. The SMILES string of the molecule is CCN1CCC2C(CCN2CC)C1. The molecule has 2 saturated heterocycles. The maximum Gasteiger partial charge on any atom is 0.0148 e. The van der Waals surface area contributed by atoms with E-state index in [1.807, 2.05) is 0 Å². The second-order valence-electron chi connectivity index (χ2n) is 4.43. The van der Waals surface area contributed by atoms with Gasteiger partial charge in [-0.1, -0.05) is 13.8 Å². The summed E-state index contributed by atoms with van der Waals surface area (Å²) in [4.78, 5) is 5.29. The summed E-state index contributed by atoms with van der Waals surface area (Å²) in [5.74, 6) is 0.980. The van der Waals surface area contributed by atoms with Crippen molar-refractivity contribution >= 4 is 0 Å². The smallest absolute Gasteiger partial charge is 0.0148 e. The van der Waals surface area contributed by atoms with Gasteiger partial charge < -0.3 is 9.80 Å². The first kappa shape index (κ1) is 9.47. The molecular formula is C11H22N2. The molecule has 2 heterocycles. The van der Waals surface area contributed by atoms with Crippen LogP contribution in [0.5, 0.6) is 0 Å². The highest BCUT2D eigenvalue weighted by Crippen LogP contribution is 2.30. The molecular weight excluding hydrogens is 160 g/mol. The molecule has 0 aliphatic carbocycles. The Balaban J connectivity index is 1.94. The van der Waals surface area contributed by atoms with Crippen LogP contribution in [0.2, 0.25) is 0 Å². The third-order valence-corrected chi connectivity index (χ3v) is 3.89. The molecule has 2 rings (SSSR count). The van der Waals surface area contributed by atoms with Crippen molar-refractivity contribution in [2.45, 2.75) is 32.7 Å². The highest BCUT2D eigenvalue weighted by Gasteiger charge is 2.36. The van der Waals surface area contributed by atoms with Gasteiger partial charge in [-0.15, -0.1) is 0 Å². The molecule has 0 saturated carbocycles. The van der Waals surface area contributed by atoms with E-state index in [0.717, 1.165) is 12.0 Å². The highest BCUT2D eigenvalue weighted by atomic mass is 15.2. The summed E-state index contributed by atoms with van der Waals surface area (Å²) >= 11 is 0. The van der Waals surface area contributed by atoms with Crippen LogP contribution in [0.3, 0.4) is 0 Å². The standard InChI is InChI=1S/C11H22N2/c1-3-12-7-6-11-10(9-12)5-8-13(11)4-2/h10-11H,3-9H2,1-2H3. The monoisotopic (exact) mass is 182 g/mol. The van der Waals surface area contributed by atoms with Crippen molar-refractivity contribution in [3.05, 3.63) is 0 Å².